The van der Waals surface area contributed by atoms with Crippen molar-refractivity contribution in [2.45, 2.75) is 5.41 Å². The normalized spacial score (nSPS) is 15.3. The van der Waals surface area contributed by atoms with Gasteiger partial charge in [-0.3, -0.25) is 0 Å². The van der Waals surface area contributed by atoms with E-state index in [1.54, 1.807) is 6.07 Å². The highest BCUT2D eigenvalue weighted by atomic mass is 19.1. The Labute approximate surface area is 305 Å². The molecule has 2 heteroatoms. The summed E-state index contributed by atoms with van der Waals surface area (Å²) in [5.74, 6) is -0.202. The second kappa shape index (κ2) is 10.4. The van der Waals surface area contributed by atoms with Crippen LogP contribution in [0.25, 0.3) is 88.0 Å². The van der Waals surface area contributed by atoms with Crippen molar-refractivity contribution in [3.63, 3.8) is 0 Å². The topological polar surface area (TPSA) is 13.1 Å². The molecule has 9 aromatic carbocycles. The van der Waals surface area contributed by atoms with Gasteiger partial charge in [-0.1, -0.05) is 146 Å². The lowest BCUT2D eigenvalue weighted by molar-refractivity contribution is 0.629. The lowest BCUT2D eigenvalue weighted by Gasteiger charge is -2.31. The molecule has 1 nitrogen and oxygen atoms in total. The molecule has 0 radical (unpaired) electrons. The van der Waals surface area contributed by atoms with Gasteiger partial charge in [0.05, 0.1) is 5.41 Å². The molecular weight excluding hydrogens is 648 g/mol. The first-order valence-electron chi connectivity index (χ1n) is 18.2. The van der Waals surface area contributed by atoms with Gasteiger partial charge in [0.1, 0.15) is 17.0 Å². The van der Waals surface area contributed by atoms with Gasteiger partial charge in [-0.15, -0.1) is 0 Å². The van der Waals surface area contributed by atoms with E-state index in [9.17, 15) is 0 Å². The van der Waals surface area contributed by atoms with Crippen molar-refractivity contribution >= 4 is 43.5 Å². The second-order valence-corrected chi connectivity index (χ2v) is 14.4. The average Bonchev–Trinajstić information content (AvgIpc) is 3.85. The Kier molecular flexibility index (Phi) is 5.67. The molecular formula is C51H29FO. The summed E-state index contributed by atoms with van der Waals surface area (Å²) in [6, 6.07) is 62.0. The smallest absolute Gasteiger partial charge is 0.144 e. The SMILES string of the molecule is Fc1cccc2c1-c1ccccc1C21c2cc(-c3ccccc3)ccc2-c2c1cc(-c1cc3ccccc3c3ccccc13)c1c2oc2ccccc21. The number of hydrogen-bond acceptors (Lipinski definition) is 1. The van der Waals surface area contributed by atoms with Gasteiger partial charge in [0, 0.05) is 21.9 Å². The number of furan rings is 1. The number of halogens is 1. The lowest BCUT2D eigenvalue weighted by Crippen LogP contribution is -2.26. The Morgan fingerprint density at radius 3 is 1.98 bits per heavy atom. The number of rotatable bonds is 2. The van der Waals surface area contributed by atoms with Crippen LogP contribution in [0.5, 0.6) is 0 Å². The molecule has 1 spiro atoms. The lowest BCUT2D eigenvalue weighted by atomic mass is 9.69. The highest BCUT2D eigenvalue weighted by Crippen LogP contribution is 2.65. The van der Waals surface area contributed by atoms with Gasteiger partial charge < -0.3 is 4.42 Å². The van der Waals surface area contributed by atoms with Gasteiger partial charge in [0.15, 0.2) is 0 Å². The van der Waals surface area contributed by atoms with Crippen molar-refractivity contribution in [1.29, 1.82) is 0 Å². The van der Waals surface area contributed by atoms with Crippen LogP contribution in [0.2, 0.25) is 0 Å². The molecule has 1 aromatic heterocycles. The maximum absolute atomic E-state index is 16.3. The van der Waals surface area contributed by atoms with E-state index in [0.29, 0.717) is 5.56 Å². The van der Waals surface area contributed by atoms with Crippen molar-refractivity contribution in [1.82, 2.24) is 0 Å². The molecule has 0 saturated carbocycles. The standard InChI is InChI=1S/C51H29FO/c52-45-23-12-22-42-48(45)36-19-8-10-21-41(36)51(42)43-28-31(30-13-2-1-3-14-30)25-26-37(43)49-44(51)29-40(47-38-20-9-11-24-46(38)53-50(47)49)39-27-32-15-4-5-16-33(32)34-17-6-7-18-35(34)39/h1-29H. The summed E-state index contributed by atoms with van der Waals surface area (Å²) >= 11 is 0. The fourth-order valence-corrected chi connectivity index (χ4v) is 9.84. The molecule has 0 bridgehead atoms. The van der Waals surface area contributed by atoms with Crippen LogP contribution in [0.15, 0.2) is 180 Å². The van der Waals surface area contributed by atoms with E-state index in [-0.39, 0.29) is 5.82 Å². The molecule has 2 aliphatic carbocycles. The van der Waals surface area contributed by atoms with Crippen molar-refractivity contribution in [2.75, 3.05) is 0 Å². The molecule has 1 atom stereocenters. The van der Waals surface area contributed by atoms with Crippen LogP contribution in [0.3, 0.4) is 0 Å². The minimum Gasteiger partial charge on any atom is -0.455 e. The van der Waals surface area contributed by atoms with Crippen LogP contribution in [0, 0.1) is 5.82 Å². The number of benzene rings is 9. The molecule has 0 fully saturated rings. The molecule has 0 amide bonds. The van der Waals surface area contributed by atoms with Crippen molar-refractivity contribution in [3.8, 4) is 44.5 Å². The number of hydrogen-bond donors (Lipinski definition) is 0. The zero-order valence-electron chi connectivity index (χ0n) is 28.5. The van der Waals surface area contributed by atoms with Crippen LogP contribution >= 0.6 is 0 Å². The number of fused-ring (bicyclic) bond motifs is 17. The van der Waals surface area contributed by atoms with Crippen LogP contribution < -0.4 is 0 Å². The summed E-state index contributed by atoms with van der Waals surface area (Å²) in [4.78, 5) is 0. The second-order valence-electron chi connectivity index (χ2n) is 14.4. The zero-order chi connectivity index (χ0) is 34.8. The highest BCUT2D eigenvalue weighted by Gasteiger charge is 2.53. The molecule has 0 aliphatic heterocycles. The highest BCUT2D eigenvalue weighted by molar-refractivity contribution is 6.23. The first-order chi connectivity index (χ1) is 26.2. The first-order valence-corrected chi connectivity index (χ1v) is 18.2. The van der Waals surface area contributed by atoms with Gasteiger partial charge in [-0.05, 0) is 108 Å². The molecule has 1 heterocycles. The average molecular weight is 677 g/mol. The summed E-state index contributed by atoms with van der Waals surface area (Å²) in [5.41, 5.74) is 13.6. The van der Waals surface area contributed by atoms with Crippen LogP contribution in [0.1, 0.15) is 22.3 Å². The van der Waals surface area contributed by atoms with Crippen molar-refractivity contribution in [2.24, 2.45) is 0 Å². The minimum absolute atomic E-state index is 0.202. The summed E-state index contributed by atoms with van der Waals surface area (Å²) in [5, 5.41) is 7.00. The summed E-state index contributed by atoms with van der Waals surface area (Å²) in [6.45, 7) is 0. The van der Waals surface area contributed by atoms with E-state index in [1.165, 1.54) is 21.5 Å². The fraction of sp³-hybridized carbons (Fsp3) is 0.0196. The van der Waals surface area contributed by atoms with Gasteiger partial charge in [0.25, 0.3) is 0 Å². The molecule has 53 heavy (non-hydrogen) atoms. The quantitative estimate of drug-likeness (QED) is 0.166. The first kappa shape index (κ1) is 28.9. The molecule has 12 rings (SSSR count). The molecule has 0 N–H and O–H groups in total. The van der Waals surface area contributed by atoms with Gasteiger partial charge in [-0.25, -0.2) is 4.39 Å². The molecule has 1 unspecified atom stereocenters. The third-order valence-corrected chi connectivity index (χ3v) is 11.9. The maximum Gasteiger partial charge on any atom is 0.144 e. The summed E-state index contributed by atoms with van der Waals surface area (Å²) < 4.78 is 23.4. The Morgan fingerprint density at radius 2 is 1.09 bits per heavy atom. The fourth-order valence-electron chi connectivity index (χ4n) is 9.84. The van der Waals surface area contributed by atoms with Crippen molar-refractivity contribution < 1.29 is 8.81 Å². The molecule has 246 valence electrons. The van der Waals surface area contributed by atoms with Crippen molar-refractivity contribution in [3.05, 3.63) is 204 Å². The minimum atomic E-state index is -0.780. The van der Waals surface area contributed by atoms with Crippen LogP contribution in [-0.4, -0.2) is 0 Å². The van der Waals surface area contributed by atoms with Crippen LogP contribution in [0.4, 0.5) is 4.39 Å². The van der Waals surface area contributed by atoms with Gasteiger partial charge >= 0.3 is 0 Å². The predicted molar refractivity (Wildman–Crippen MR) is 216 cm³/mol. The Morgan fingerprint density at radius 1 is 0.396 bits per heavy atom. The predicted octanol–water partition coefficient (Wildman–Crippen LogP) is 13.7. The van der Waals surface area contributed by atoms with Gasteiger partial charge in [0.2, 0.25) is 0 Å². The largest absolute Gasteiger partial charge is 0.455 e. The third-order valence-electron chi connectivity index (χ3n) is 11.9. The van der Waals surface area contributed by atoms with E-state index in [4.69, 9.17) is 4.42 Å². The van der Waals surface area contributed by atoms with E-state index in [1.807, 2.05) is 18.2 Å². The molecule has 10 aromatic rings. The Balaban J connectivity index is 1.31. The van der Waals surface area contributed by atoms with E-state index in [0.717, 1.165) is 83.1 Å². The van der Waals surface area contributed by atoms with E-state index >= 15 is 4.39 Å². The van der Waals surface area contributed by atoms with E-state index < -0.39 is 5.41 Å². The third kappa shape index (κ3) is 3.65. The molecule has 0 saturated heterocycles. The maximum atomic E-state index is 16.3. The van der Waals surface area contributed by atoms with Crippen LogP contribution in [-0.2, 0) is 5.41 Å². The van der Waals surface area contributed by atoms with E-state index in [2.05, 4.69) is 152 Å². The van der Waals surface area contributed by atoms with Gasteiger partial charge in [-0.2, -0.15) is 0 Å². The Bertz CT molecular complexity index is 3190. The summed E-state index contributed by atoms with van der Waals surface area (Å²) in [6.07, 6.45) is 0. The zero-order valence-corrected chi connectivity index (χ0v) is 28.5. The Hall–Kier alpha value is -6.77. The summed E-state index contributed by atoms with van der Waals surface area (Å²) in [7, 11) is 0. The molecule has 2 aliphatic rings. The monoisotopic (exact) mass is 676 g/mol. The number of para-hydroxylation sites is 1.